The molecule has 0 aliphatic rings. The number of aryl methyl sites for hydroxylation is 1. The molecule has 1 nitrogen and oxygen atoms in total. The van der Waals surface area contributed by atoms with Gasteiger partial charge in [0.25, 0.3) is 0 Å². The maximum absolute atomic E-state index is 11.5. The molecule has 15 heavy (non-hydrogen) atoms. The fraction of sp³-hybridized carbons (Fsp3) is 0.357. The van der Waals surface area contributed by atoms with Crippen LogP contribution in [0.3, 0.4) is 0 Å². The van der Waals surface area contributed by atoms with Crippen molar-refractivity contribution in [1.29, 1.82) is 0 Å². The number of hydrogen-bond acceptors (Lipinski definition) is 1. The molecule has 0 bridgehead atoms. The van der Waals surface area contributed by atoms with E-state index in [1.165, 1.54) is 11.6 Å². The van der Waals surface area contributed by atoms with E-state index in [-0.39, 0.29) is 11.2 Å². The number of carbonyl (C=O) groups is 1. The predicted octanol–water partition coefficient (Wildman–Crippen LogP) is 3.40. The van der Waals surface area contributed by atoms with Gasteiger partial charge in [-0.25, -0.2) is 0 Å². The van der Waals surface area contributed by atoms with Gasteiger partial charge >= 0.3 is 0 Å². The van der Waals surface area contributed by atoms with Crippen LogP contribution < -0.4 is 0 Å². The first-order valence-corrected chi connectivity index (χ1v) is 5.27. The average molecular weight is 202 g/mol. The van der Waals surface area contributed by atoms with Crippen molar-refractivity contribution >= 4 is 5.78 Å². The topological polar surface area (TPSA) is 17.1 Å². The van der Waals surface area contributed by atoms with Crippen LogP contribution in [0.15, 0.2) is 43.0 Å². The van der Waals surface area contributed by atoms with Gasteiger partial charge in [-0.2, -0.15) is 0 Å². The van der Waals surface area contributed by atoms with Crippen LogP contribution in [0.4, 0.5) is 0 Å². The molecule has 0 N–H and O–H groups in total. The van der Waals surface area contributed by atoms with Gasteiger partial charge in [-0.1, -0.05) is 50.8 Å². The third kappa shape index (κ3) is 3.35. The summed E-state index contributed by atoms with van der Waals surface area (Å²) < 4.78 is 0. The van der Waals surface area contributed by atoms with Crippen LogP contribution in [-0.2, 0) is 11.2 Å². The molecule has 1 aromatic carbocycles. The summed E-state index contributed by atoms with van der Waals surface area (Å²) in [5, 5.41) is 0. The third-order valence-corrected chi connectivity index (χ3v) is 2.73. The summed E-state index contributed by atoms with van der Waals surface area (Å²) in [5.41, 5.74) is 0.986. The van der Waals surface area contributed by atoms with E-state index in [9.17, 15) is 4.79 Å². The lowest BCUT2D eigenvalue weighted by Gasteiger charge is -2.20. The first kappa shape index (κ1) is 11.7. The molecule has 0 fully saturated rings. The third-order valence-electron chi connectivity index (χ3n) is 2.73. The molecular formula is C14H18O. The van der Waals surface area contributed by atoms with Crippen LogP contribution in [0.1, 0.15) is 25.8 Å². The zero-order valence-corrected chi connectivity index (χ0v) is 9.49. The summed E-state index contributed by atoms with van der Waals surface area (Å²) in [6.45, 7) is 7.48. The van der Waals surface area contributed by atoms with Crippen molar-refractivity contribution in [3.05, 3.63) is 48.6 Å². The van der Waals surface area contributed by atoms with Crippen molar-refractivity contribution < 1.29 is 4.79 Å². The highest BCUT2D eigenvalue weighted by molar-refractivity contribution is 5.93. The van der Waals surface area contributed by atoms with E-state index in [4.69, 9.17) is 0 Å². The summed E-state index contributed by atoms with van der Waals surface area (Å²) in [5.74, 6) is 0.124. The zero-order valence-electron chi connectivity index (χ0n) is 9.49. The predicted molar refractivity (Wildman–Crippen MR) is 63.7 cm³/mol. The zero-order chi connectivity index (χ0) is 11.3. The van der Waals surface area contributed by atoms with Gasteiger partial charge in [0.05, 0.1) is 0 Å². The van der Waals surface area contributed by atoms with Crippen LogP contribution in [0.25, 0.3) is 0 Å². The molecule has 0 aliphatic heterocycles. The molecule has 0 spiro atoms. The number of carbonyl (C=O) groups excluding carboxylic acids is 1. The number of rotatable bonds is 5. The monoisotopic (exact) mass is 202 g/mol. The molecule has 0 amide bonds. The van der Waals surface area contributed by atoms with Gasteiger partial charge < -0.3 is 0 Å². The fourth-order valence-corrected chi connectivity index (χ4v) is 1.50. The fourth-order valence-electron chi connectivity index (χ4n) is 1.50. The number of benzene rings is 1. The van der Waals surface area contributed by atoms with Crippen molar-refractivity contribution in [2.75, 3.05) is 0 Å². The molecular weight excluding hydrogens is 184 g/mol. The van der Waals surface area contributed by atoms with E-state index in [2.05, 4.69) is 18.7 Å². The van der Waals surface area contributed by atoms with Gasteiger partial charge in [-0.3, -0.25) is 4.79 Å². The molecule has 1 rings (SSSR count). The summed E-state index contributed by atoms with van der Waals surface area (Å²) >= 11 is 0. The molecule has 0 heterocycles. The number of ketones is 1. The van der Waals surface area contributed by atoms with Crippen LogP contribution >= 0.6 is 0 Å². The molecule has 1 heteroatoms. The Morgan fingerprint density at radius 1 is 1.33 bits per heavy atom. The standard InChI is InChI=1S/C14H18O/c1-4-13(15)14(2,3)11-10-12-8-6-5-7-9-12/h4-9H,1,10-11H2,2-3H3. The lowest BCUT2D eigenvalue weighted by Crippen LogP contribution is -2.22. The Kier molecular flexibility index (Phi) is 3.84. The quantitative estimate of drug-likeness (QED) is 0.669. The number of hydrogen-bond donors (Lipinski definition) is 0. The van der Waals surface area contributed by atoms with Gasteiger partial charge in [0.2, 0.25) is 0 Å². The highest BCUT2D eigenvalue weighted by atomic mass is 16.1. The van der Waals surface area contributed by atoms with E-state index in [1.54, 1.807) is 0 Å². The molecule has 0 atom stereocenters. The highest BCUT2D eigenvalue weighted by Gasteiger charge is 2.24. The molecule has 0 saturated carbocycles. The van der Waals surface area contributed by atoms with E-state index in [0.717, 1.165) is 12.8 Å². The Labute approximate surface area is 91.8 Å². The normalized spacial score (nSPS) is 11.1. The molecule has 80 valence electrons. The minimum atomic E-state index is -0.294. The largest absolute Gasteiger partial charge is 0.294 e. The molecule has 0 saturated heterocycles. The SMILES string of the molecule is C=CC(=O)C(C)(C)CCc1ccccc1. The van der Waals surface area contributed by atoms with Crippen LogP contribution in [0.5, 0.6) is 0 Å². The van der Waals surface area contributed by atoms with Crippen LogP contribution in [0.2, 0.25) is 0 Å². The summed E-state index contributed by atoms with van der Waals surface area (Å²) in [7, 11) is 0. The summed E-state index contributed by atoms with van der Waals surface area (Å²) in [6, 6.07) is 10.2. The second kappa shape index (κ2) is 4.92. The number of allylic oxidation sites excluding steroid dienone is 1. The van der Waals surface area contributed by atoms with Crippen LogP contribution in [0, 0.1) is 5.41 Å². The Bertz CT molecular complexity index is 336. The first-order valence-electron chi connectivity index (χ1n) is 5.27. The Morgan fingerprint density at radius 3 is 2.47 bits per heavy atom. The first-order chi connectivity index (χ1) is 7.06. The van der Waals surface area contributed by atoms with Crippen molar-refractivity contribution in [2.45, 2.75) is 26.7 Å². The maximum atomic E-state index is 11.5. The van der Waals surface area contributed by atoms with Crippen LogP contribution in [-0.4, -0.2) is 5.78 Å². The Morgan fingerprint density at radius 2 is 1.93 bits per heavy atom. The van der Waals surface area contributed by atoms with Crippen molar-refractivity contribution in [3.63, 3.8) is 0 Å². The Hall–Kier alpha value is -1.37. The van der Waals surface area contributed by atoms with Gasteiger partial charge in [-0.15, -0.1) is 0 Å². The molecule has 0 aliphatic carbocycles. The molecule has 1 aromatic rings. The van der Waals surface area contributed by atoms with Gasteiger partial charge in [0.15, 0.2) is 5.78 Å². The van der Waals surface area contributed by atoms with E-state index in [1.807, 2.05) is 32.0 Å². The second-order valence-electron chi connectivity index (χ2n) is 4.44. The Balaban J connectivity index is 2.57. The summed E-state index contributed by atoms with van der Waals surface area (Å²) in [6.07, 6.45) is 3.22. The second-order valence-corrected chi connectivity index (χ2v) is 4.44. The van der Waals surface area contributed by atoms with E-state index in [0.29, 0.717) is 0 Å². The maximum Gasteiger partial charge on any atom is 0.160 e. The molecule has 0 aromatic heterocycles. The lowest BCUT2D eigenvalue weighted by molar-refractivity contribution is -0.122. The molecule has 0 unspecified atom stereocenters. The average Bonchev–Trinajstić information content (AvgIpc) is 2.27. The smallest absolute Gasteiger partial charge is 0.160 e. The van der Waals surface area contributed by atoms with Crippen molar-refractivity contribution in [1.82, 2.24) is 0 Å². The van der Waals surface area contributed by atoms with Gasteiger partial charge in [0, 0.05) is 5.41 Å². The minimum absolute atomic E-state index is 0.124. The minimum Gasteiger partial charge on any atom is -0.294 e. The van der Waals surface area contributed by atoms with E-state index >= 15 is 0 Å². The summed E-state index contributed by atoms with van der Waals surface area (Å²) in [4.78, 5) is 11.5. The van der Waals surface area contributed by atoms with Gasteiger partial charge in [0.1, 0.15) is 0 Å². The van der Waals surface area contributed by atoms with Crippen molar-refractivity contribution in [3.8, 4) is 0 Å². The molecule has 0 radical (unpaired) electrons. The van der Waals surface area contributed by atoms with Crippen molar-refractivity contribution in [2.24, 2.45) is 5.41 Å². The highest BCUT2D eigenvalue weighted by Crippen LogP contribution is 2.24. The van der Waals surface area contributed by atoms with E-state index < -0.39 is 0 Å². The lowest BCUT2D eigenvalue weighted by atomic mass is 9.82. The van der Waals surface area contributed by atoms with Gasteiger partial charge in [-0.05, 0) is 24.5 Å².